The molecule has 1 aliphatic rings. The van der Waals surface area contributed by atoms with Crippen LogP contribution in [0.4, 0.5) is 0 Å². The van der Waals surface area contributed by atoms with Gasteiger partial charge in [-0.25, -0.2) is 0 Å². The summed E-state index contributed by atoms with van der Waals surface area (Å²) in [6.45, 7) is 5.85. The Kier molecular flexibility index (Phi) is 7.70. The van der Waals surface area contributed by atoms with Crippen molar-refractivity contribution < 1.29 is 19.4 Å². The monoisotopic (exact) mass is 436 g/mol. The summed E-state index contributed by atoms with van der Waals surface area (Å²) in [7, 11) is 3.94. The normalized spacial score (nSPS) is 17.9. The summed E-state index contributed by atoms with van der Waals surface area (Å²) in [4.78, 5) is 29.6. The van der Waals surface area contributed by atoms with E-state index in [1.165, 1.54) is 0 Å². The number of amides is 1. The van der Waals surface area contributed by atoms with Crippen molar-refractivity contribution >= 4 is 17.4 Å². The quantitative estimate of drug-likeness (QED) is 0.363. The van der Waals surface area contributed by atoms with Gasteiger partial charge in [0.15, 0.2) is 0 Å². The molecule has 2 aromatic carbocycles. The second kappa shape index (κ2) is 10.5. The number of Topliss-reactive ketones (excluding diaryl/α,β-unsaturated/α-hetero) is 1. The van der Waals surface area contributed by atoms with Gasteiger partial charge in [-0.15, -0.1) is 0 Å². The van der Waals surface area contributed by atoms with Gasteiger partial charge in [-0.2, -0.15) is 0 Å². The molecule has 2 aromatic rings. The van der Waals surface area contributed by atoms with Gasteiger partial charge in [-0.1, -0.05) is 36.8 Å². The zero-order valence-electron chi connectivity index (χ0n) is 19.3. The van der Waals surface area contributed by atoms with Crippen molar-refractivity contribution in [2.45, 2.75) is 32.7 Å². The third-order valence-electron chi connectivity index (χ3n) is 5.54. The Labute approximate surface area is 190 Å². The lowest BCUT2D eigenvalue weighted by Crippen LogP contribution is -2.32. The van der Waals surface area contributed by atoms with E-state index in [1.54, 1.807) is 29.2 Å². The van der Waals surface area contributed by atoms with Gasteiger partial charge in [0, 0.05) is 12.1 Å². The van der Waals surface area contributed by atoms with Crippen LogP contribution in [0.5, 0.6) is 5.75 Å². The number of carbonyl (C=O) groups is 2. The molecule has 1 aliphatic heterocycles. The number of aliphatic hydroxyl groups is 1. The van der Waals surface area contributed by atoms with Gasteiger partial charge >= 0.3 is 0 Å². The summed E-state index contributed by atoms with van der Waals surface area (Å²) >= 11 is 0. The topological polar surface area (TPSA) is 70.1 Å². The first-order valence-electron chi connectivity index (χ1n) is 11.1. The van der Waals surface area contributed by atoms with Crippen LogP contribution in [0, 0.1) is 6.92 Å². The number of ether oxygens (including phenoxy) is 1. The zero-order valence-corrected chi connectivity index (χ0v) is 19.3. The van der Waals surface area contributed by atoms with Crippen LogP contribution >= 0.6 is 0 Å². The number of rotatable bonds is 9. The SMILES string of the molecule is CCCOc1ccc(/C(O)=C2\C(=O)C(=O)N(CCCN(C)C)C2c2ccc(C)cc2)cc1. The molecule has 6 heteroatoms. The first-order valence-corrected chi connectivity index (χ1v) is 11.1. The number of ketones is 1. The van der Waals surface area contributed by atoms with E-state index in [0.29, 0.717) is 24.5 Å². The Morgan fingerprint density at radius 1 is 1.06 bits per heavy atom. The molecule has 32 heavy (non-hydrogen) atoms. The second-order valence-electron chi connectivity index (χ2n) is 8.43. The molecule has 1 fully saturated rings. The third kappa shape index (κ3) is 5.19. The molecular formula is C26H32N2O4. The first-order chi connectivity index (χ1) is 15.3. The van der Waals surface area contributed by atoms with Gasteiger partial charge in [0.1, 0.15) is 11.5 Å². The minimum atomic E-state index is -0.649. The molecule has 1 unspecified atom stereocenters. The molecule has 6 nitrogen and oxygen atoms in total. The fourth-order valence-corrected chi connectivity index (χ4v) is 3.85. The van der Waals surface area contributed by atoms with Crippen LogP contribution in [0.2, 0.25) is 0 Å². The molecule has 0 saturated carbocycles. The number of carbonyl (C=O) groups excluding carboxylic acids is 2. The van der Waals surface area contributed by atoms with Gasteiger partial charge < -0.3 is 19.6 Å². The van der Waals surface area contributed by atoms with Crippen molar-refractivity contribution in [2.75, 3.05) is 33.8 Å². The Morgan fingerprint density at radius 2 is 1.72 bits per heavy atom. The molecule has 1 amide bonds. The maximum Gasteiger partial charge on any atom is 0.295 e. The number of hydrogen-bond donors (Lipinski definition) is 1. The van der Waals surface area contributed by atoms with E-state index in [1.807, 2.05) is 57.1 Å². The van der Waals surface area contributed by atoms with E-state index in [9.17, 15) is 14.7 Å². The Hall–Kier alpha value is -3.12. The second-order valence-corrected chi connectivity index (χ2v) is 8.43. The summed E-state index contributed by atoms with van der Waals surface area (Å²) in [6, 6.07) is 14.1. The standard InChI is InChI=1S/C26H32N2O4/c1-5-17-32-21-13-11-20(12-14-21)24(29)22-23(19-9-7-18(2)8-10-19)28(26(31)25(22)30)16-6-15-27(3)4/h7-14,23,29H,5-6,15-17H2,1-4H3/b24-22+. The maximum absolute atomic E-state index is 13.0. The summed E-state index contributed by atoms with van der Waals surface area (Å²) in [6.07, 6.45) is 1.63. The number of aliphatic hydroxyl groups excluding tert-OH is 1. The van der Waals surface area contributed by atoms with Crippen molar-refractivity contribution in [2.24, 2.45) is 0 Å². The highest BCUT2D eigenvalue weighted by Gasteiger charge is 2.45. The number of hydrogen-bond acceptors (Lipinski definition) is 5. The molecule has 0 aromatic heterocycles. The van der Waals surface area contributed by atoms with Crippen LogP contribution in [0.1, 0.15) is 42.5 Å². The highest BCUT2D eigenvalue weighted by atomic mass is 16.5. The molecule has 1 heterocycles. The van der Waals surface area contributed by atoms with Gasteiger partial charge in [0.25, 0.3) is 11.7 Å². The Morgan fingerprint density at radius 3 is 2.31 bits per heavy atom. The number of likely N-dealkylation sites (tertiary alicyclic amines) is 1. The average Bonchev–Trinajstić information content (AvgIpc) is 3.03. The molecule has 1 saturated heterocycles. The number of aryl methyl sites for hydroxylation is 1. The van der Waals surface area contributed by atoms with E-state index < -0.39 is 17.7 Å². The molecule has 1 atom stereocenters. The summed E-state index contributed by atoms with van der Waals surface area (Å²) in [5, 5.41) is 11.1. The molecule has 0 radical (unpaired) electrons. The minimum Gasteiger partial charge on any atom is -0.507 e. The Balaban J connectivity index is 2.01. The van der Waals surface area contributed by atoms with Crippen LogP contribution < -0.4 is 4.74 Å². The first kappa shape index (κ1) is 23.5. The molecule has 1 N–H and O–H groups in total. The lowest BCUT2D eigenvalue weighted by Gasteiger charge is -2.26. The van der Waals surface area contributed by atoms with Crippen molar-refractivity contribution in [3.05, 3.63) is 70.8 Å². The maximum atomic E-state index is 13.0. The highest BCUT2D eigenvalue weighted by Crippen LogP contribution is 2.39. The van der Waals surface area contributed by atoms with E-state index in [2.05, 4.69) is 0 Å². The predicted molar refractivity (Wildman–Crippen MR) is 126 cm³/mol. The fraction of sp³-hybridized carbons (Fsp3) is 0.385. The third-order valence-corrected chi connectivity index (χ3v) is 5.54. The molecular weight excluding hydrogens is 404 g/mol. The van der Waals surface area contributed by atoms with E-state index >= 15 is 0 Å². The molecule has 0 bridgehead atoms. The van der Waals surface area contributed by atoms with Crippen molar-refractivity contribution in [3.63, 3.8) is 0 Å². The molecule has 170 valence electrons. The summed E-state index contributed by atoms with van der Waals surface area (Å²) < 4.78 is 5.60. The van der Waals surface area contributed by atoms with Gasteiger partial charge in [0.2, 0.25) is 0 Å². The molecule has 0 aliphatic carbocycles. The zero-order chi connectivity index (χ0) is 23.3. The summed E-state index contributed by atoms with van der Waals surface area (Å²) in [5.74, 6) is -0.684. The highest BCUT2D eigenvalue weighted by molar-refractivity contribution is 6.46. The van der Waals surface area contributed by atoms with Crippen LogP contribution in [-0.2, 0) is 9.59 Å². The van der Waals surface area contributed by atoms with E-state index in [4.69, 9.17) is 4.74 Å². The van der Waals surface area contributed by atoms with Crippen LogP contribution in [0.15, 0.2) is 54.1 Å². The Bertz CT molecular complexity index is 978. The van der Waals surface area contributed by atoms with Crippen LogP contribution in [0.25, 0.3) is 5.76 Å². The lowest BCUT2D eigenvalue weighted by molar-refractivity contribution is -0.139. The number of nitrogens with zero attached hydrogens (tertiary/aromatic N) is 2. The smallest absolute Gasteiger partial charge is 0.295 e. The fourth-order valence-electron chi connectivity index (χ4n) is 3.85. The lowest BCUT2D eigenvalue weighted by atomic mass is 9.94. The van der Waals surface area contributed by atoms with Crippen LogP contribution in [0.3, 0.4) is 0 Å². The predicted octanol–water partition coefficient (Wildman–Crippen LogP) is 4.16. The average molecular weight is 437 g/mol. The van der Waals surface area contributed by atoms with Crippen molar-refractivity contribution in [1.82, 2.24) is 9.80 Å². The number of benzene rings is 2. The molecule has 3 rings (SSSR count). The molecule has 0 spiro atoms. The van der Waals surface area contributed by atoms with Crippen molar-refractivity contribution in [3.8, 4) is 5.75 Å². The van der Waals surface area contributed by atoms with Crippen molar-refractivity contribution in [1.29, 1.82) is 0 Å². The summed E-state index contributed by atoms with van der Waals surface area (Å²) in [5.41, 5.74) is 2.51. The van der Waals surface area contributed by atoms with Gasteiger partial charge in [-0.3, -0.25) is 9.59 Å². The van der Waals surface area contributed by atoms with Crippen LogP contribution in [-0.4, -0.2) is 60.4 Å². The minimum absolute atomic E-state index is 0.130. The van der Waals surface area contributed by atoms with E-state index in [-0.39, 0.29) is 11.3 Å². The van der Waals surface area contributed by atoms with E-state index in [0.717, 1.165) is 30.5 Å². The van der Waals surface area contributed by atoms with Gasteiger partial charge in [-0.05, 0) is 70.2 Å². The largest absolute Gasteiger partial charge is 0.507 e. The van der Waals surface area contributed by atoms with Gasteiger partial charge in [0.05, 0.1) is 18.2 Å².